The molecule has 0 spiro atoms. The molecule has 0 atom stereocenters. The molecule has 0 radical (unpaired) electrons. The number of hydrogen-bond acceptors (Lipinski definition) is 1. The van der Waals surface area contributed by atoms with Crippen LogP contribution in [0.25, 0.3) is 0 Å². The smallest absolute Gasteiger partial charge is 0.0786 e. The molecule has 0 fully saturated rings. The van der Waals surface area contributed by atoms with Crippen LogP contribution < -0.4 is 0 Å². The van der Waals surface area contributed by atoms with Gasteiger partial charge in [-0.05, 0) is 45.4 Å². The van der Waals surface area contributed by atoms with E-state index in [-0.39, 0.29) is 5.48 Å². The van der Waals surface area contributed by atoms with Gasteiger partial charge < -0.3 is 9.96 Å². The van der Waals surface area contributed by atoms with Gasteiger partial charge >= 0.3 is 0 Å². The van der Waals surface area contributed by atoms with E-state index in [2.05, 4.69) is 27.7 Å². The first-order valence-electron chi connectivity index (χ1n) is 11.6. The van der Waals surface area contributed by atoms with Gasteiger partial charge in [0.2, 0.25) is 0 Å². The number of hydrogen-bond donors (Lipinski definition) is 0. The Kier molecular flexibility index (Phi) is 22.0. The predicted octanol–water partition coefficient (Wildman–Crippen LogP) is 7.56. The molecule has 0 aliphatic rings. The van der Waals surface area contributed by atoms with Crippen molar-refractivity contribution in [3.63, 3.8) is 0 Å². The third kappa shape index (κ3) is 15.9. The molecule has 0 amide bonds. The second kappa shape index (κ2) is 20.2. The van der Waals surface area contributed by atoms with E-state index in [1.54, 1.807) is 0 Å². The van der Waals surface area contributed by atoms with Crippen LogP contribution in [0.4, 0.5) is 0 Å². The zero-order valence-corrected chi connectivity index (χ0v) is 18.3. The van der Waals surface area contributed by atoms with Gasteiger partial charge in [-0.15, -0.1) is 0 Å². The van der Waals surface area contributed by atoms with Gasteiger partial charge in [-0.3, -0.25) is 0 Å². The van der Waals surface area contributed by atoms with Gasteiger partial charge in [-0.25, -0.2) is 0 Å². The van der Waals surface area contributed by atoms with E-state index in [0.717, 1.165) is 0 Å². The fraction of sp³-hybridized carbons (Fsp3) is 1.00. The van der Waals surface area contributed by atoms with Crippen molar-refractivity contribution in [3.05, 3.63) is 0 Å². The quantitative estimate of drug-likeness (QED) is 0.173. The van der Waals surface area contributed by atoms with E-state index in [4.69, 9.17) is 0 Å². The second-order valence-corrected chi connectivity index (χ2v) is 8.07. The molecule has 0 aromatic carbocycles. The Bertz CT molecular complexity index is 206. The summed E-state index contributed by atoms with van der Waals surface area (Å²) in [6.45, 7) is 15.1. The molecule has 1 N–H and O–H groups in total. The third-order valence-corrected chi connectivity index (χ3v) is 5.88. The van der Waals surface area contributed by atoms with Crippen molar-refractivity contribution in [3.8, 4) is 0 Å². The summed E-state index contributed by atoms with van der Waals surface area (Å²) >= 11 is 0. The maximum absolute atomic E-state index is 2.45. The minimum atomic E-state index is 0. The monoisotopic (exact) mass is 357 g/mol. The molecular formula is C23H51NO. The van der Waals surface area contributed by atoms with E-state index in [9.17, 15) is 0 Å². The first-order valence-corrected chi connectivity index (χ1v) is 11.6. The molecule has 0 saturated carbocycles. The highest BCUT2D eigenvalue weighted by molar-refractivity contribution is 4.51. The minimum absolute atomic E-state index is 0. The van der Waals surface area contributed by atoms with Crippen molar-refractivity contribution in [2.45, 2.75) is 124 Å². The zero-order chi connectivity index (χ0) is 17.9. The van der Waals surface area contributed by atoms with Crippen LogP contribution >= 0.6 is 0 Å². The summed E-state index contributed by atoms with van der Waals surface area (Å²) in [6, 6.07) is 0. The Labute approximate surface area is 160 Å². The van der Waals surface area contributed by atoms with E-state index < -0.39 is 0 Å². The van der Waals surface area contributed by atoms with Crippen LogP contribution in [0.1, 0.15) is 124 Å². The molecule has 0 aliphatic heterocycles. The summed E-state index contributed by atoms with van der Waals surface area (Å²) < 4.78 is 1.42. The summed E-state index contributed by atoms with van der Waals surface area (Å²) in [5, 5.41) is 0. The van der Waals surface area contributed by atoms with Crippen LogP contribution in [-0.4, -0.2) is 36.1 Å². The Morgan fingerprint density at radius 3 is 0.920 bits per heavy atom. The molecule has 0 bridgehead atoms. The van der Waals surface area contributed by atoms with Crippen molar-refractivity contribution in [2.24, 2.45) is 0 Å². The maximum Gasteiger partial charge on any atom is 0.0786 e. The normalized spacial score (nSPS) is 11.5. The summed E-state index contributed by atoms with van der Waals surface area (Å²) in [7, 11) is 0. The van der Waals surface area contributed by atoms with Crippen LogP contribution in [0.5, 0.6) is 0 Å². The summed E-state index contributed by atoms with van der Waals surface area (Å²) in [4.78, 5) is 0. The summed E-state index contributed by atoms with van der Waals surface area (Å²) in [6.07, 6.45) is 21.5. The van der Waals surface area contributed by atoms with Gasteiger partial charge in [-0.2, -0.15) is 0 Å². The highest BCUT2D eigenvalue weighted by atomic mass is 16.0. The highest BCUT2D eigenvalue weighted by Crippen LogP contribution is 2.17. The fourth-order valence-electron chi connectivity index (χ4n) is 3.96. The van der Waals surface area contributed by atoms with Crippen molar-refractivity contribution in [2.75, 3.05) is 26.2 Å². The van der Waals surface area contributed by atoms with Crippen LogP contribution in [0.2, 0.25) is 0 Å². The molecule has 2 heteroatoms. The Morgan fingerprint density at radius 2 is 0.680 bits per heavy atom. The van der Waals surface area contributed by atoms with Crippen molar-refractivity contribution < 1.29 is 9.96 Å². The van der Waals surface area contributed by atoms with Crippen LogP contribution in [-0.2, 0) is 0 Å². The molecule has 0 aliphatic carbocycles. The lowest BCUT2D eigenvalue weighted by Gasteiger charge is -2.38. The lowest BCUT2D eigenvalue weighted by atomic mass is 10.1. The largest absolute Gasteiger partial charge is 0.870 e. The Balaban J connectivity index is 0. The molecule has 0 saturated heterocycles. The lowest BCUT2D eigenvalue weighted by Crippen LogP contribution is -2.50. The topological polar surface area (TPSA) is 30.0 Å². The van der Waals surface area contributed by atoms with Gasteiger partial charge in [0, 0.05) is 0 Å². The number of rotatable bonds is 19. The number of quaternary nitrogens is 1. The SMILES string of the molecule is CCCCCCC[N+](CC)(CCCCCCC)CCCCCCC.[OH-]. The molecule has 2 nitrogen and oxygen atoms in total. The average Bonchev–Trinajstić information content (AvgIpc) is 2.60. The molecular weight excluding hydrogens is 306 g/mol. The maximum atomic E-state index is 2.45. The molecule has 25 heavy (non-hydrogen) atoms. The van der Waals surface area contributed by atoms with E-state index in [0.29, 0.717) is 0 Å². The third-order valence-electron chi connectivity index (χ3n) is 5.88. The minimum Gasteiger partial charge on any atom is -0.870 e. The molecule has 0 aromatic rings. The zero-order valence-electron chi connectivity index (χ0n) is 18.3. The van der Waals surface area contributed by atoms with Gasteiger partial charge in [0.15, 0.2) is 0 Å². The first-order chi connectivity index (χ1) is 11.7. The van der Waals surface area contributed by atoms with E-state index >= 15 is 0 Å². The fourth-order valence-corrected chi connectivity index (χ4v) is 3.96. The van der Waals surface area contributed by atoms with Crippen LogP contribution in [0.3, 0.4) is 0 Å². The Hall–Kier alpha value is -0.0800. The van der Waals surface area contributed by atoms with Gasteiger partial charge in [0.05, 0.1) is 26.2 Å². The molecule has 0 heterocycles. The molecule has 0 aromatic heterocycles. The number of nitrogens with zero attached hydrogens (tertiary/aromatic N) is 1. The van der Waals surface area contributed by atoms with Crippen LogP contribution in [0, 0.1) is 0 Å². The Morgan fingerprint density at radius 1 is 0.400 bits per heavy atom. The molecule has 154 valence electrons. The average molecular weight is 358 g/mol. The standard InChI is InChI=1S/C23H50N.H2O/c1-5-9-12-15-18-21-24(8-4,22-19-16-13-10-6-2)23-20-17-14-11-7-3;/h5-23H2,1-4H3;1H2/q+1;/p-1. The van der Waals surface area contributed by atoms with Crippen molar-refractivity contribution in [1.29, 1.82) is 0 Å². The van der Waals surface area contributed by atoms with Crippen molar-refractivity contribution in [1.82, 2.24) is 0 Å². The summed E-state index contributed by atoms with van der Waals surface area (Å²) in [5.74, 6) is 0. The van der Waals surface area contributed by atoms with Gasteiger partial charge in [-0.1, -0.05) is 78.6 Å². The van der Waals surface area contributed by atoms with Gasteiger partial charge in [0.25, 0.3) is 0 Å². The predicted molar refractivity (Wildman–Crippen MR) is 114 cm³/mol. The second-order valence-electron chi connectivity index (χ2n) is 8.07. The van der Waals surface area contributed by atoms with Crippen molar-refractivity contribution >= 4 is 0 Å². The molecule has 0 rings (SSSR count). The van der Waals surface area contributed by atoms with E-state index in [1.165, 1.54) is 127 Å². The summed E-state index contributed by atoms with van der Waals surface area (Å²) in [5.41, 5.74) is 0. The number of unbranched alkanes of at least 4 members (excludes halogenated alkanes) is 12. The highest BCUT2D eigenvalue weighted by Gasteiger charge is 2.23. The first kappa shape index (κ1) is 27.1. The molecule has 0 unspecified atom stereocenters. The van der Waals surface area contributed by atoms with E-state index in [1.807, 2.05) is 0 Å². The van der Waals surface area contributed by atoms with Crippen LogP contribution in [0.15, 0.2) is 0 Å². The lowest BCUT2D eigenvalue weighted by molar-refractivity contribution is -0.927. The van der Waals surface area contributed by atoms with Gasteiger partial charge in [0.1, 0.15) is 0 Å².